The molecule has 1 saturated carbocycles. The molecule has 3 aromatic heterocycles. The van der Waals surface area contributed by atoms with E-state index < -0.39 is 0 Å². The van der Waals surface area contributed by atoms with Gasteiger partial charge in [-0.05, 0) is 43.7 Å². The quantitative estimate of drug-likeness (QED) is 0.460. The summed E-state index contributed by atoms with van der Waals surface area (Å²) in [4.78, 5) is 22.3. The van der Waals surface area contributed by atoms with E-state index in [2.05, 4.69) is 38.3 Å². The lowest BCUT2D eigenvalue weighted by Gasteiger charge is -2.22. The van der Waals surface area contributed by atoms with Crippen LogP contribution in [0.3, 0.4) is 0 Å². The fourth-order valence-corrected chi connectivity index (χ4v) is 4.28. The van der Waals surface area contributed by atoms with Crippen LogP contribution in [0.4, 0.5) is 11.6 Å². The number of nitrogens with zero attached hydrogens (tertiary/aromatic N) is 5. The molecule has 3 N–H and O–H groups in total. The van der Waals surface area contributed by atoms with Gasteiger partial charge in [0.05, 0.1) is 17.6 Å². The molecule has 1 aliphatic carbocycles. The van der Waals surface area contributed by atoms with Gasteiger partial charge in [0, 0.05) is 30.5 Å². The average Bonchev–Trinajstić information content (AvgIpc) is 3.54. The first-order chi connectivity index (χ1) is 16.0. The maximum atomic E-state index is 13.9. The van der Waals surface area contributed by atoms with Crippen molar-refractivity contribution in [3.05, 3.63) is 64.6 Å². The van der Waals surface area contributed by atoms with Crippen LogP contribution in [0.15, 0.2) is 47.8 Å². The molecule has 166 valence electrons. The monoisotopic (exact) mass is 439 g/mol. The standard InChI is InChI=1S/C25H25N7O/c1-4-6-20-23(26)27-14-28-24(20)30-15(2)21-11-16-7-5-8-19(17-12-29-31(3)13-17)22(16)25(33)32(21)18-9-10-18/h5,7-8,11-15,18H,9-10H2,1-3H3,(H3,26,27,28,30)/t15-/m0/s1. The first-order valence-electron chi connectivity index (χ1n) is 10.9. The van der Waals surface area contributed by atoms with E-state index in [0.717, 1.165) is 40.4 Å². The maximum absolute atomic E-state index is 13.9. The van der Waals surface area contributed by atoms with Gasteiger partial charge in [-0.1, -0.05) is 24.1 Å². The van der Waals surface area contributed by atoms with Crippen molar-refractivity contribution in [2.24, 2.45) is 7.05 Å². The first-order valence-corrected chi connectivity index (χ1v) is 10.9. The zero-order chi connectivity index (χ0) is 23.1. The van der Waals surface area contributed by atoms with Crippen LogP contribution < -0.4 is 16.6 Å². The molecule has 5 rings (SSSR count). The SMILES string of the molecule is CC#Cc1c(N)ncnc1N[C@@H](C)c1cc2cccc(-c3cnn(C)c3)c2c(=O)n1C1CC1. The molecule has 8 nitrogen and oxygen atoms in total. The predicted octanol–water partition coefficient (Wildman–Crippen LogP) is 3.65. The molecule has 33 heavy (non-hydrogen) atoms. The molecule has 0 aliphatic heterocycles. The zero-order valence-electron chi connectivity index (χ0n) is 18.8. The molecule has 0 spiro atoms. The van der Waals surface area contributed by atoms with Crippen LogP contribution in [0, 0.1) is 11.8 Å². The largest absolute Gasteiger partial charge is 0.382 e. The van der Waals surface area contributed by atoms with Crippen LogP contribution in [0.2, 0.25) is 0 Å². The number of rotatable bonds is 5. The van der Waals surface area contributed by atoms with Crippen molar-refractivity contribution in [1.82, 2.24) is 24.3 Å². The highest BCUT2D eigenvalue weighted by Gasteiger charge is 2.30. The molecule has 3 heterocycles. The summed E-state index contributed by atoms with van der Waals surface area (Å²) in [5.41, 5.74) is 9.35. The van der Waals surface area contributed by atoms with Crippen molar-refractivity contribution in [1.29, 1.82) is 0 Å². The highest BCUT2D eigenvalue weighted by atomic mass is 16.1. The minimum Gasteiger partial charge on any atom is -0.382 e. The van der Waals surface area contributed by atoms with Crippen LogP contribution in [0.1, 0.15) is 50.0 Å². The minimum absolute atomic E-state index is 0.0221. The van der Waals surface area contributed by atoms with Crippen LogP contribution in [-0.2, 0) is 7.05 Å². The predicted molar refractivity (Wildman–Crippen MR) is 130 cm³/mol. The summed E-state index contributed by atoms with van der Waals surface area (Å²) in [6, 6.07) is 8.06. The Kier molecular flexibility index (Phi) is 5.09. The Hall–Kier alpha value is -4.12. The smallest absolute Gasteiger partial charge is 0.259 e. The molecule has 0 amide bonds. The Morgan fingerprint density at radius 3 is 2.79 bits per heavy atom. The summed E-state index contributed by atoms with van der Waals surface area (Å²) in [5, 5.41) is 9.32. The number of hydrogen-bond acceptors (Lipinski definition) is 6. The summed E-state index contributed by atoms with van der Waals surface area (Å²) in [6.07, 6.45) is 7.13. The molecule has 1 atom stereocenters. The number of fused-ring (bicyclic) bond motifs is 1. The number of benzene rings is 1. The number of aromatic nitrogens is 5. The average molecular weight is 440 g/mol. The molecule has 8 heteroatoms. The minimum atomic E-state index is -0.198. The molecule has 0 bridgehead atoms. The summed E-state index contributed by atoms with van der Waals surface area (Å²) < 4.78 is 3.69. The first kappa shape index (κ1) is 20.8. The van der Waals surface area contributed by atoms with Gasteiger partial charge in [0.2, 0.25) is 0 Å². The van der Waals surface area contributed by atoms with Gasteiger partial charge >= 0.3 is 0 Å². The van der Waals surface area contributed by atoms with Gasteiger partial charge in [0.1, 0.15) is 23.5 Å². The number of nitrogens with one attached hydrogen (secondary N) is 1. The molecule has 0 unspecified atom stereocenters. The van der Waals surface area contributed by atoms with Crippen molar-refractivity contribution in [3.63, 3.8) is 0 Å². The summed E-state index contributed by atoms with van der Waals surface area (Å²) >= 11 is 0. The summed E-state index contributed by atoms with van der Waals surface area (Å²) in [7, 11) is 1.87. The number of hydrogen-bond donors (Lipinski definition) is 2. The summed E-state index contributed by atoms with van der Waals surface area (Å²) in [5.74, 6) is 6.73. The van der Waals surface area contributed by atoms with Crippen LogP contribution in [-0.4, -0.2) is 24.3 Å². The second-order valence-electron chi connectivity index (χ2n) is 8.37. The Morgan fingerprint density at radius 1 is 1.27 bits per heavy atom. The molecular weight excluding hydrogens is 414 g/mol. The van der Waals surface area contributed by atoms with E-state index in [1.54, 1.807) is 17.8 Å². The van der Waals surface area contributed by atoms with Crippen molar-refractivity contribution in [3.8, 4) is 23.0 Å². The molecule has 4 aromatic rings. The van der Waals surface area contributed by atoms with Gasteiger partial charge < -0.3 is 15.6 Å². The van der Waals surface area contributed by atoms with E-state index in [0.29, 0.717) is 17.2 Å². The van der Waals surface area contributed by atoms with Crippen molar-refractivity contribution < 1.29 is 0 Å². The Morgan fingerprint density at radius 2 is 2.09 bits per heavy atom. The molecule has 0 radical (unpaired) electrons. The lowest BCUT2D eigenvalue weighted by atomic mass is 10.00. The zero-order valence-corrected chi connectivity index (χ0v) is 18.8. The van der Waals surface area contributed by atoms with Gasteiger partial charge in [-0.25, -0.2) is 9.97 Å². The molecule has 1 fully saturated rings. The molecule has 1 aromatic carbocycles. The number of anilines is 2. The van der Waals surface area contributed by atoms with Crippen LogP contribution in [0.5, 0.6) is 0 Å². The van der Waals surface area contributed by atoms with E-state index in [1.165, 1.54) is 6.33 Å². The Labute approximate surface area is 191 Å². The molecule has 1 aliphatic rings. The lowest BCUT2D eigenvalue weighted by Crippen LogP contribution is -2.26. The number of nitrogens with two attached hydrogens (primary N) is 1. The molecular formula is C25H25N7O. The molecule has 0 saturated heterocycles. The third-order valence-electron chi connectivity index (χ3n) is 5.96. The van der Waals surface area contributed by atoms with E-state index in [1.807, 2.05) is 42.9 Å². The van der Waals surface area contributed by atoms with Crippen LogP contribution >= 0.6 is 0 Å². The van der Waals surface area contributed by atoms with Crippen LogP contribution in [0.25, 0.3) is 21.9 Å². The second kappa shape index (κ2) is 8.10. The maximum Gasteiger partial charge on any atom is 0.259 e. The van der Waals surface area contributed by atoms with E-state index in [9.17, 15) is 4.79 Å². The second-order valence-corrected chi connectivity index (χ2v) is 8.37. The lowest BCUT2D eigenvalue weighted by molar-refractivity contribution is 0.636. The van der Waals surface area contributed by atoms with E-state index in [-0.39, 0.29) is 17.6 Å². The normalized spacial score (nSPS) is 14.0. The fourth-order valence-electron chi connectivity index (χ4n) is 4.28. The Balaban J connectivity index is 1.65. The van der Waals surface area contributed by atoms with E-state index in [4.69, 9.17) is 5.73 Å². The Bertz CT molecular complexity index is 1480. The van der Waals surface area contributed by atoms with E-state index >= 15 is 0 Å². The van der Waals surface area contributed by atoms with Gasteiger partial charge in [-0.3, -0.25) is 9.48 Å². The number of aryl methyl sites for hydroxylation is 1. The fraction of sp³-hybridized carbons (Fsp3) is 0.280. The van der Waals surface area contributed by atoms with Gasteiger partial charge in [0.15, 0.2) is 0 Å². The third kappa shape index (κ3) is 3.72. The van der Waals surface area contributed by atoms with Crippen molar-refractivity contribution in [2.45, 2.75) is 38.8 Å². The highest BCUT2D eigenvalue weighted by molar-refractivity contribution is 5.96. The van der Waals surface area contributed by atoms with Gasteiger partial charge in [0.25, 0.3) is 5.56 Å². The van der Waals surface area contributed by atoms with Crippen molar-refractivity contribution in [2.75, 3.05) is 11.1 Å². The van der Waals surface area contributed by atoms with Gasteiger partial charge in [-0.15, -0.1) is 5.92 Å². The van der Waals surface area contributed by atoms with Crippen molar-refractivity contribution >= 4 is 22.4 Å². The highest BCUT2D eigenvalue weighted by Crippen LogP contribution is 2.38. The third-order valence-corrected chi connectivity index (χ3v) is 5.96. The summed E-state index contributed by atoms with van der Waals surface area (Å²) in [6.45, 7) is 3.76. The number of nitrogen functional groups attached to an aromatic ring is 1. The van der Waals surface area contributed by atoms with Gasteiger partial charge in [-0.2, -0.15) is 5.10 Å². The topological polar surface area (TPSA) is 104 Å². The number of pyridine rings is 1.